The van der Waals surface area contributed by atoms with E-state index in [-0.39, 0.29) is 5.82 Å². The molecule has 0 radical (unpaired) electrons. The fourth-order valence-corrected chi connectivity index (χ4v) is 3.01. The summed E-state index contributed by atoms with van der Waals surface area (Å²) in [6.07, 6.45) is 6.40. The van der Waals surface area contributed by atoms with Crippen LogP contribution in [-0.4, -0.2) is 9.97 Å². The molecule has 0 aromatic carbocycles. The lowest BCUT2D eigenvalue weighted by molar-refractivity contribution is 0.622. The summed E-state index contributed by atoms with van der Waals surface area (Å²) < 4.78 is 13.1. The lowest BCUT2D eigenvalue weighted by atomic mass is 10.2. The van der Waals surface area contributed by atoms with Gasteiger partial charge in [-0.2, -0.15) is 0 Å². The molecule has 2 aromatic rings. The summed E-state index contributed by atoms with van der Waals surface area (Å²) in [4.78, 5) is 9.88. The van der Waals surface area contributed by atoms with E-state index in [9.17, 15) is 4.39 Å². The minimum Gasteiger partial charge on any atom is -0.261 e. The van der Waals surface area contributed by atoms with Crippen molar-refractivity contribution in [1.82, 2.24) is 9.97 Å². The third-order valence-electron chi connectivity index (χ3n) is 2.96. The highest BCUT2D eigenvalue weighted by atomic mass is 32.1. The maximum absolute atomic E-state index is 13.1. The number of pyridine rings is 1. The lowest BCUT2D eigenvalue weighted by Crippen LogP contribution is -1.86. The molecule has 2 heterocycles. The molecule has 1 aliphatic carbocycles. The van der Waals surface area contributed by atoms with Gasteiger partial charge in [-0.3, -0.25) is 4.98 Å². The first-order valence-electron chi connectivity index (χ1n) is 5.88. The first-order chi connectivity index (χ1) is 8.28. The number of nitrogens with zero attached hydrogens (tertiary/aromatic N) is 2. The van der Waals surface area contributed by atoms with Crippen LogP contribution in [0.3, 0.4) is 0 Å². The molecule has 0 atom stereocenters. The van der Waals surface area contributed by atoms with Crippen LogP contribution in [0, 0.1) is 5.82 Å². The molecule has 17 heavy (non-hydrogen) atoms. The maximum atomic E-state index is 13.1. The predicted octanol–water partition coefficient (Wildman–Crippen LogP) is 3.78. The standard InChI is InChI=1S/C13H13FN2S/c1-2-11-12(8-3-4-8)16-13(17-11)9-5-10(14)7-15-6-9/h5-8H,2-4H2,1H3. The number of hydrogen-bond donors (Lipinski definition) is 0. The van der Waals surface area contributed by atoms with Crippen molar-refractivity contribution in [3.05, 3.63) is 34.8 Å². The summed E-state index contributed by atoms with van der Waals surface area (Å²) in [6.45, 7) is 2.15. The average Bonchev–Trinajstić information content (AvgIpc) is 3.08. The molecule has 0 spiro atoms. The molecule has 0 saturated heterocycles. The molecule has 4 heteroatoms. The fourth-order valence-electron chi connectivity index (χ4n) is 1.94. The van der Waals surface area contributed by atoms with Gasteiger partial charge in [-0.05, 0) is 25.3 Å². The van der Waals surface area contributed by atoms with E-state index in [0.29, 0.717) is 5.92 Å². The molecule has 3 rings (SSSR count). The number of thiazole rings is 1. The van der Waals surface area contributed by atoms with Crippen molar-refractivity contribution in [3.63, 3.8) is 0 Å². The van der Waals surface area contributed by atoms with E-state index in [0.717, 1.165) is 17.0 Å². The van der Waals surface area contributed by atoms with Crippen LogP contribution in [0.25, 0.3) is 10.6 Å². The van der Waals surface area contributed by atoms with Gasteiger partial charge in [0.1, 0.15) is 10.8 Å². The van der Waals surface area contributed by atoms with Gasteiger partial charge in [0, 0.05) is 22.6 Å². The second-order valence-electron chi connectivity index (χ2n) is 4.35. The van der Waals surface area contributed by atoms with Gasteiger partial charge in [0.2, 0.25) is 0 Å². The molecule has 0 aliphatic heterocycles. The van der Waals surface area contributed by atoms with E-state index in [1.54, 1.807) is 17.5 Å². The number of hydrogen-bond acceptors (Lipinski definition) is 3. The van der Waals surface area contributed by atoms with Crippen LogP contribution in [0.4, 0.5) is 4.39 Å². The Morgan fingerprint density at radius 2 is 2.24 bits per heavy atom. The minimum absolute atomic E-state index is 0.302. The van der Waals surface area contributed by atoms with E-state index in [2.05, 4.69) is 16.9 Å². The monoisotopic (exact) mass is 248 g/mol. The number of halogens is 1. The number of rotatable bonds is 3. The lowest BCUT2D eigenvalue weighted by Gasteiger charge is -1.94. The van der Waals surface area contributed by atoms with Crippen LogP contribution >= 0.6 is 11.3 Å². The zero-order valence-electron chi connectivity index (χ0n) is 9.61. The Morgan fingerprint density at radius 1 is 1.41 bits per heavy atom. The van der Waals surface area contributed by atoms with Gasteiger partial charge in [0.25, 0.3) is 0 Å². The summed E-state index contributed by atoms with van der Waals surface area (Å²) in [7, 11) is 0. The fraction of sp³-hybridized carbons (Fsp3) is 0.385. The Balaban J connectivity index is 2.03. The summed E-state index contributed by atoms with van der Waals surface area (Å²) in [5.74, 6) is 0.347. The van der Waals surface area contributed by atoms with Crippen LogP contribution in [0.5, 0.6) is 0 Å². The quantitative estimate of drug-likeness (QED) is 0.826. The molecule has 1 fully saturated rings. The molecule has 0 bridgehead atoms. The molecule has 0 amide bonds. The van der Waals surface area contributed by atoms with Crippen molar-refractivity contribution in [3.8, 4) is 10.6 Å². The van der Waals surface area contributed by atoms with Crippen molar-refractivity contribution in [2.75, 3.05) is 0 Å². The second kappa shape index (κ2) is 4.18. The zero-order chi connectivity index (χ0) is 11.8. The predicted molar refractivity (Wildman–Crippen MR) is 66.7 cm³/mol. The van der Waals surface area contributed by atoms with Crippen LogP contribution in [0.2, 0.25) is 0 Å². The van der Waals surface area contributed by atoms with Crippen molar-refractivity contribution in [2.45, 2.75) is 32.1 Å². The Morgan fingerprint density at radius 3 is 2.88 bits per heavy atom. The molecule has 2 aromatic heterocycles. The van der Waals surface area contributed by atoms with Gasteiger partial charge in [0.15, 0.2) is 0 Å². The van der Waals surface area contributed by atoms with Crippen LogP contribution in [0.1, 0.15) is 36.3 Å². The number of aromatic nitrogens is 2. The summed E-state index contributed by atoms with van der Waals surface area (Å²) in [5.41, 5.74) is 2.02. The molecular formula is C13H13FN2S. The molecule has 0 unspecified atom stereocenters. The van der Waals surface area contributed by atoms with E-state index >= 15 is 0 Å². The summed E-state index contributed by atoms with van der Waals surface area (Å²) >= 11 is 1.67. The van der Waals surface area contributed by atoms with Crippen molar-refractivity contribution < 1.29 is 4.39 Å². The summed E-state index contributed by atoms with van der Waals surface area (Å²) in [6, 6.07) is 1.50. The normalized spacial score (nSPS) is 15.2. The third-order valence-corrected chi connectivity index (χ3v) is 4.23. The Labute approximate surface area is 104 Å². The molecule has 1 aliphatic rings. The summed E-state index contributed by atoms with van der Waals surface area (Å²) in [5, 5.41) is 0.899. The van der Waals surface area contributed by atoms with Crippen molar-refractivity contribution in [2.24, 2.45) is 0 Å². The van der Waals surface area contributed by atoms with E-state index in [1.165, 1.54) is 35.7 Å². The first kappa shape index (κ1) is 10.8. The maximum Gasteiger partial charge on any atom is 0.142 e. The van der Waals surface area contributed by atoms with E-state index in [1.807, 2.05) is 0 Å². The van der Waals surface area contributed by atoms with Gasteiger partial charge in [-0.15, -0.1) is 11.3 Å². The highest BCUT2D eigenvalue weighted by Crippen LogP contribution is 2.44. The Bertz CT molecular complexity index is 546. The smallest absolute Gasteiger partial charge is 0.142 e. The highest BCUT2D eigenvalue weighted by Gasteiger charge is 2.29. The van der Waals surface area contributed by atoms with Crippen LogP contribution in [0.15, 0.2) is 18.5 Å². The topological polar surface area (TPSA) is 25.8 Å². The molecular weight excluding hydrogens is 235 g/mol. The Hall–Kier alpha value is -1.29. The first-order valence-corrected chi connectivity index (χ1v) is 6.70. The van der Waals surface area contributed by atoms with Gasteiger partial charge >= 0.3 is 0 Å². The minimum atomic E-state index is -0.302. The zero-order valence-corrected chi connectivity index (χ0v) is 10.4. The van der Waals surface area contributed by atoms with Crippen LogP contribution in [-0.2, 0) is 6.42 Å². The van der Waals surface area contributed by atoms with Crippen LogP contribution < -0.4 is 0 Å². The third kappa shape index (κ3) is 2.09. The molecule has 1 saturated carbocycles. The highest BCUT2D eigenvalue weighted by molar-refractivity contribution is 7.15. The van der Waals surface area contributed by atoms with E-state index in [4.69, 9.17) is 0 Å². The largest absolute Gasteiger partial charge is 0.261 e. The molecule has 88 valence electrons. The molecule has 0 N–H and O–H groups in total. The van der Waals surface area contributed by atoms with E-state index < -0.39 is 0 Å². The van der Waals surface area contributed by atoms with Gasteiger partial charge in [-0.1, -0.05) is 6.92 Å². The SMILES string of the molecule is CCc1sc(-c2cncc(F)c2)nc1C1CC1. The van der Waals surface area contributed by atoms with Gasteiger partial charge < -0.3 is 0 Å². The Kier molecular flexibility index (Phi) is 2.67. The van der Waals surface area contributed by atoms with Crippen molar-refractivity contribution in [1.29, 1.82) is 0 Å². The average molecular weight is 248 g/mol. The van der Waals surface area contributed by atoms with Crippen molar-refractivity contribution >= 4 is 11.3 Å². The molecule has 2 nitrogen and oxygen atoms in total. The number of aryl methyl sites for hydroxylation is 1. The van der Waals surface area contributed by atoms with Gasteiger partial charge in [-0.25, -0.2) is 9.37 Å². The van der Waals surface area contributed by atoms with Gasteiger partial charge in [0.05, 0.1) is 11.9 Å². The second-order valence-corrected chi connectivity index (χ2v) is 5.43.